The summed E-state index contributed by atoms with van der Waals surface area (Å²) < 4.78 is 5.10. The van der Waals surface area contributed by atoms with E-state index in [9.17, 15) is 9.90 Å². The third-order valence-corrected chi connectivity index (χ3v) is 2.85. The number of unbranched alkanes of at least 4 members (excludes halogenated alkanes) is 1. The van der Waals surface area contributed by atoms with Crippen LogP contribution in [0.5, 0.6) is 5.75 Å². The molecule has 1 rings (SSSR count). The first kappa shape index (κ1) is 16.3. The van der Waals surface area contributed by atoms with Crippen LogP contribution in [0.2, 0.25) is 0 Å². The lowest BCUT2D eigenvalue weighted by Gasteiger charge is -2.11. The molecule has 5 heteroatoms. The third kappa shape index (κ3) is 5.48. The van der Waals surface area contributed by atoms with Crippen molar-refractivity contribution >= 4 is 11.7 Å². The van der Waals surface area contributed by atoms with Crippen molar-refractivity contribution in [2.45, 2.75) is 19.8 Å². The van der Waals surface area contributed by atoms with Gasteiger partial charge in [0, 0.05) is 24.8 Å². The van der Waals surface area contributed by atoms with Gasteiger partial charge in [0.25, 0.3) is 0 Å². The number of anilines is 1. The second-order valence-corrected chi connectivity index (χ2v) is 4.95. The van der Waals surface area contributed by atoms with Crippen molar-refractivity contribution in [2.24, 2.45) is 0 Å². The number of nitrogens with one attached hydrogen (secondary N) is 1. The van der Waals surface area contributed by atoms with Gasteiger partial charge in [0.15, 0.2) is 0 Å². The van der Waals surface area contributed by atoms with Gasteiger partial charge in [-0.05, 0) is 32.6 Å². The van der Waals surface area contributed by atoms with E-state index in [0.717, 1.165) is 25.1 Å². The molecule has 0 heterocycles. The first-order valence-corrected chi connectivity index (χ1v) is 6.93. The summed E-state index contributed by atoms with van der Waals surface area (Å²) in [6, 6.07) is 4.91. The minimum atomic E-state index is -0.496. The fourth-order valence-corrected chi connectivity index (χ4v) is 1.62. The number of rotatable bonds is 8. The fourth-order valence-electron chi connectivity index (χ4n) is 1.62. The van der Waals surface area contributed by atoms with E-state index in [4.69, 9.17) is 4.74 Å². The van der Waals surface area contributed by atoms with Crippen molar-refractivity contribution in [1.29, 1.82) is 0 Å². The number of ether oxygens (including phenoxy) is 1. The van der Waals surface area contributed by atoms with Crippen LogP contribution in [0.1, 0.15) is 30.1 Å². The van der Waals surface area contributed by atoms with Crippen LogP contribution < -0.4 is 5.32 Å². The molecule has 0 atom stereocenters. The monoisotopic (exact) mass is 280 g/mol. The number of carbonyl (C=O) groups excluding carboxylic acids is 1. The van der Waals surface area contributed by atoms with Crippen molar-refractivity contribution in [1.82, 2.24) is 4.90 Å². The van der Waals surface area contributed by atoms with Crippen LogP contribution in [0.3, 0.4) is 0 Å². The average molecular weight is 280 g/mol. The van der Waals surface area contributed by atoms with Gasteiger partial charge in [-0.2, -0.15) is 0 Å². The highest BCUT2D eigenvalue weighted by atomic mass is 16.5. The number of likely N-dealkylation sites (N-methyl/N-ethyl adjacent to an activating group) is 1. The van der Waals surface area contributed by atoms with Crippen LogP contribution in [-0.2, 0) is 4.74 Å². The van der Waals surface area contributed by atoms with Crippen molar-refractivity contribution in [3.63, 3.8) is 0 Å². The van der Waals surface area contributed by atoms with Crippen LogP contribution in [0.4, 0.5) is 5.69 Å². The highest BCUT2D eigenvalue weighted by molar-refractivity contribution is 5.93. The quantitative estimate of drug-likeness (QED) is 0.565. The van der Waals surface area contributed by atoms with E-state index in [2.05, 4.69) is 12.2 Å². The molecule has 112 valence electrons. The Morgan fingerprint density at radius 1 is 1.40 bits per heavy atom. The first-order valence-electron chi connectivity index (χ1n) is 6.93. The third-order valence-electron chi connectivity index (χ3n) is 2.85. The summed E-state index contributed by atoms with van der Waals surface area (Å²) in [5.74, 6) is -0.550. The maximum atomic E-state index is 11.8. The summed E-state index contributed by atoms with van der Waals surface area (Å²) in [5.41, 5.74) is 1.01. The lowest BCUT2D eigenvalue weighted by molar-refractivity contribution is 0.0478. The Hall–Kier alpha value is -1.75. The topological polar surface area (TPSA) is 61.8 Å². The van der Waals surface area contributed by atoms with Crippen LogP contribution in [0, 0.1) is 0 Å². The van der Waals surface area contributed by atoms with Gasteiger partial charge in [-0.1, -0.05) is 13.3 Å². The molecule has 0 bridgehead atoms. The second-order valence-electron chi connectivity index (χ2n) is 4.95. The number of esters is 1. The van der Waals surface area contributed by atoms with Gasteiger partial charge in [-0.25, -0.2) is 4.79 Å². The molecule has 0 aliphatic rings. The maximum Gasteiger partial charge on any atom is 0.341 e. The molecule has 0 saturated carbocycles. The van der Waals surface area contributed by atoms with E-state index >= 15 is 0 Å². The van der Waals surface area contributed by atoms with Crippen LogP contribution >= 0.6 is 0 Å². The molecule has 0 spiro atoms. The summed E-state index contributed by atoms with van der Waals surface area (Å²) in [6.45, 7) is 3.93. The summed E-state index contributed by atoms with van der Waals surface area (Å²) in [7, 11) is 3.81. The number of phenolic OH excluding ortho intramolecular Hbond substituents is 1. The Balaban J connectivity index is 2.56. The zero-order valence-corrected chi connectivity index (χ0v) is 12.5. The SMILES string of the molecule is CCCCNc1ccc(C(=O)OCCN(C)C)c(O)c1. The molecule has 0 unspecified atom stereocenters. The van der Waals surface area contributed by atoms with Crippen molar-refractivity contribution in [3.8, 4) is 5.75 Å². The number of hydrogen-bond acceptors (Lipinski definition) is 5. The normalized spacial score (nSPS) is 10.6. The molecule has 1 aromatic carbocycles. The molecule has 0 amide bonds. The smallest absolute Gasteiger partial charge is 0.341 e. The first-order chi connectivity index (χ1) is 9.54. The number of aromatic hydroxyl groups is 1. The molecule has 5 nitrogen and oxygen atoms in total. The number of carbonyl (C=O) groups is 1. The van der Waals surface area contributed by atoms with Gasteiger partial charge in [0.1, 0.15) is 17.9 Å². The minimum Gasteiger partial charge on any atom is -0.507 e. The van der Waals surface area contributed by atoms with Gasteiger partial charge < -0.3 is 20.1 Å². The predicted octanol–water partition coefficient (Wildman–Crippen LogP) is 2.32. The van der Waals surface area contributed by atoms with Crippen LogP contribution in [-0.4, -0.2) is 49.8 Å². The molecule has 0 saturated heterocycles. The number of benzene rings is 1. The molecule has 0 fully saturated rings. The zero-order chi connectivity index (χ0) is 15.0. The Kier molecular flexibility index (Phi) is 6.87. The van der Waals surface area contributed by atoms with Gasteiger partial charge in [0.2, 0.25) is 0 Å². The van der Waals surface area contributed by atoms with Crippen molar-refractivity contribution in [2.75, 3.05) is 39.1 Å². The lowest BCUT2D eigenvalue weighted by atomic mass is 10.2. The number of nitrogens with zero attached hydrogens (tertiary/aromatic N) is 1. The Labute approximate surface area is 120 Å². The average Bonchev–Trinajstić information content (AvgIpc) is 2.38. The number of hydrogen-bond donors (Lipinski definition) is 2. The summed E-state index contributed by atoms with van der Waals surface area (Å²) in [6.07, 6.45) is 2.17. The van der Waals surface area contributed by atoms with E-state index in [1.807, 2.05) is 19.0 Å². The molecule has 1 aromatic rings. The fraction of sp³-hybridized carbons (Fsp3) is 0.533. The largest absolute Gasteiger partial charge is 0.507 e. The molecular formula is C15H24N2O3. The van der Waals surface area contributed by atoms with Gasteiger partial charge in [0.05, 0.1) is 0 Å². The van der Waals surface area contributed by atoms with Gasteiger partial charge >= 0.3 is 5.97 Å². The molecule has 0 radical (unpaired) electrons. The maximum absolute atomic E-state index is 11.8. The van der Waals surface area contributed by atoms with Crippen molar-refractivity contribution < 1.29 is 14.6 Å². The van der Waals surface area contributed by atoms with Gasteiger partial charge in [-0.3, -0.25) is 0 Å². The van der Waals surface area contributed by atoms with Crippen LogP contribution in [0.15, 0.2) is 18.2 Å². The summed E-state index contributed by atoms with van der Waals surface area (Å²) in [4.78, 5) is 13.7. The van der Waals surface area contributed by atoms with E-state index in [1.54, 1.807) is 18.2 Å². The lowest BCUT2D eigenvalue weighted by Crippen LogP contribution is -2.20. The Bertz CT molecular complexity index is 433. The van der Waals surface area contributed by atoms with E-state index < -0.39 is 5.97 Å². The number of phenols is 1. The summed E-state index contributed by atoms with van der Waals surface area (Å²) in [5, 5.41) is 13.1. The van der Waals surface area contributed by atoms with Crippen molar-refractivity contribution in [3.05, 3.63) is 23.8 Å². The van der Waals surface area contributed by atoms with E-state index in [1.165, 1.54) is 0 Å². The van der Waals surface area contributed by atoms with Crippen LogP contribution in [0.25, 0.3) is 0 Å². The molecular weight excluding hydrogens is 256 g/mol. The minimum absolute atomic E-state index is 0.0543. The standard InChI is InChI=1S/C15H24N2O3/c1-4-5-8-16-12-6-7-13(14(18)11-12)15(19)20-10-9-17(2)3/h6-7,11,16,18H,4-5,8-10H2,1-3H3. The van der Waals surface area contributed by atoms with E-state index in [0.29, 0.717) is 13.2 Å². The predicted molar refractivity (Wildman–Crippen MR) is 80.3 cm³/mol. The molecule has 20 heavy (non-hydrogen) atoms. The molecule has 2 N–H and O–H groups in total. The molecule has 0 aliphatic heterocycles. The Morgan fingerprint density at radius 2 is 2.15 bits per heavy atom. The molecule has 0 aromatic heterocycles. The van der Waals surface area contributed by atoms with E-state index in [-0.39, 0.29) is 11.3 Å². The summed E-state index contributed by atoms with van der Waals surface area (Å²) >= 11 is 0. The highest BCUT2D eigenvalue weighted by Crippen LogP contribution is 2.22. The second kappa shape index (κ2) is 8.43. The molecule has 0 aliphatic carbocycles. The van der Waals surface area contributed by atoms with Gasteiger partial charge in [-0.15, -0.1) is 0 Å². The zero-order valence-electron chi connectivity index (χ0n) is 12.5. The highest BCUT2D eigenvalue weighted by Gasteiger charge is 2.13. The Morgan fingerprint density at radius 3 is 2.75 bits per heavy atom.